The van der Waals surface area contributed by atoms with Crippen LogP contribution in [0, 0.1) is 10.1 Å². The molecule has 1 aliphatic rings. The first-order valence-corrected chi connectivity index (χ1v) is 9.14. The topological polar surface area (TPSA) is 92.6 Å². The molecule has 1 aromatic rings. The van der Waals surface area contributed by atoms with Crippen molar-refractivity contribution in [2.45, 2.75) is 25.4 Å². The number of rotatable bonds is 5. The molecule has 1 aliphatic heterocycles. The molecular weight excluding hydrogens is 330 g/mol. The first-order valence-electron chi connectivity index (χ1n) is 6.87. The monoisotopic (exact) mass is 347 g/mol. The number of benzene rings is 1. The summed E-state index contributed by atoms with van der Waals surface area (Å²) in [6.07, 6.45) is 2.86. The SMILES string of the molecule is CS(=O)(=O)N[C@H]1CCCN(Cc2ccc([N+](=O)[O-])c(Cl)c2)C1. The van der Waals surface area contributed by atoms with Gasteiger partial charge in [-0.05, 0) is 31.0 Å². The van der Waals surface area contributed by atoms with Crippen molar-refractivity contribution in [2.24, 2.45) is 0 Å². The summed E-state index contributed by atoms with van der Waals surface area (Å²) in [6, 6.07) is 4.57. The van der Waals surface area contributed by atoms with E-state index in [4.69, 9.17) is 11.6 Å². The van der Waals surface area contributed by atoms with Crippen LogP contribution in [0.1, 0.15) is 18.4 Å². The van der Waals surface area contributed by atoms with E-state index in [9.17, 15) is 18.5 Å². The van der Waals surface area contributed by atoms with Crippen LogP contribution in [0.3, 0.4) is 0 Å². The zero-order chi connectivity index (χ0) is 16.3. The molecule has 0 aromatic heterocycles. The number of nitro benzene ring substituents is 1. The highest BCUT2D eigenvalue weighted by Crippen LogP contribution is 2.26. The molecule has 0 radical (unpaired) electrons. The minimum absolute atomic E-state index is 0.0997. The van der Waals surface area contributed by atoms with Crippen LogP contribution in [0.2, 0.25) is 5.02 Å². The summed E-state index contributed by atoms with van der Waals surface area (Å²) >= 11 is 5.91. The maximum atomic E-state index is 11.3. The van der Waals surface area contributed by atoms with Gasteiger partial charge in [0.15, 0.2) is 0 Å². The summed E-state index contributed by atoms with van der Waals surface area (Å²) in [5, 5.41) is 10.9. The Labute approximate surface area is 134 Å². The molecule has 1 atom stereocenters. The summed E-state index contributed by atoms with van der Waals surface area (Å²) in [5.74, 6) is 0. The van der Waals surface area contributed by atoms with Crippen molar-refractivity contribution < 1.29 is 13.3 Å². The Morgan fingerprint density at radius 3 is 2.82 bits per heavy atom. The van der Waals surface area contributed by atoms with Gasteiger partial charge in [0.2, 0.25) is 10.0 Å². The van der Waals surface area contributed by atoms with Crippen molar-refractivity contribution in [2.75, 3.05) is 19.3 Å². The minimum atomic E-state index is -3.21. The van der Waals surface area contributed by atoms with E-state index in [0.29, 0.717) is 13.1 Å². The second kappa shape index (κ2) is 6.91. The largest absolute Gasteiger partial charge is 0.298 e. The summed E-state index contributed by atoms with van der Waals surface area (Å²) in [5.41, 5.74) is 0.760. The molecule has 9 heteroatoms. The van der Waals surface area contributed by atoms with Crippen LogP contribution in [0.25, 0.3) is 0 Å². The van der Waals surface area contributed by atoms with Crippen molar-refractivity contribution >= 4 is 27.3 Å². The van der Waals surface area contributed by atoms with Gasteiger partial charge >= 0.3 is 0 Å². The Balaban J connectivity index is 2.01. The second-order valence-electron chi connectivity index (χ2n) is 5.51. The van der Waals surface area contributed by atoms with Gasteiger partial charge in [-0.25, -0.2) is 13.1 Å². The fraction of sp³-hybridized carbons (Fsp3) is 0.538. The highest BCUT2D eigenvalue weighted by atomic mass is 35.5. The quantitative estimate of drug-likeness (QED) is 0.647. The van der Waals surface area contributed by atoms with Gasteiger partial charge in [-0.1, -0.05) is 17.7 Å². The molecule has 0 spiro atoms. The lowest BCUT2D eigenvalue weighted by Crippen LogP contribution is -2.46. The summed E-state index contributed by atoms with van der Waals surface area (Å²) in [7, 11) is -3.21. The normalized spacial score (nSPS) is 20.0. The van der Waals surface area contributed by atoms with Gasteiger partial charge in [-0.2, -0.15) is 0 Å². The van der Waals surface area contributed by atoms with Crippen LogP contribution in [-0.2, 0) is 16.6 Å². The molecule has 0 bridgehead atoms. The van der Waals surface area contributed by atoms with Gasteiger partial charge in [0, 0.05) is 25.2 Å². The molecular formula is C13H18ClN3O4S. The van der Waals surface area contributed by atoms with Gasteiger partial charge in [-0.3, -0.25) is 15.0 Å². The molecule has 1 aromatic carbocycles. The number of sulfonamides is 1. The average Bonchev–Trinajstić information content (AvgIpc) is 2.36. The van der Waals surface area contributed by atoms with Crippen LogP contribution in [-0.4, -0.2) is 43.6 Å². The number of halogens is 1. The molecule has 1 N–H and O–H groups in total. The third-order valence-electron chi connectivity index (χ3n) is 3.50. The Kier molecular flexibility index (Phi) is 5.38. The molecule has 1 fully saturated rings. The van der Waals surface area contributed by atoms with E-state index < -0.39 is 14.9 Å². The lowest BCUT2D eigenvalue weighted by atomic mass is 10.1. The molecule has 0 unspecified atom stereocenters. The highest BCUT2D eigenvalue weighted by molar-refractivity contribution is 7.88. The first-order chi connectivity index (χ1) is 10.2. The summed E-state index contributed by atoms with van der Waals surface area (Å²) < 4.78 is 25.2. The summed E-state index contributed by atoms with van der Waals surface area (Å²) in [4.78, 5) is 12.3. The fourth-order valence-corrected chi connectivity index (χ4v) is 3.72. The molecule has 22 heavy (non-hydrogen) atoms. The van der Waals surface area contributed by atoms with Gasteiger partial charge in [0.25, 0.3) is 5.69 Å². The lowest BCUT2D eigenvalue weighted by Gasteiger charge is -2.32. The molecule has 1 heterocycles. The fourth-order valence-electron chi connectivity index (χ4n) is 2.65. The first kappa shape index (κ1) is 17.1. The van der Waals surface area contributed by atoms with Crippen LogP contribution < -0.4 is 4.72 Å². The molecule has 7 nitrogen and oxygen atoms in total. The molecule has 0 amide bonds. The Morgan fingerprint density at radius 1 is 1.50 bits per heavy atom. The second-order valence-corrected chi connectivity index (χ2v) is 7.69. The van der Waals surface area contributed by atoms with Crippen molar-refractivity contribution in [3.63, 3.8) is 0 Å². The number of nitrogens with one attached hydrogen (secondary N) is 1. The number of piperidine rings is 1. The van der Waals surface area contributed by atoms with Crippen LogP contribution >= 0.6 is 11.6 Å². The van der Waals surface area contributed by atoms with Crippen LogP contribution in [0.15, 0.2) is 18.2 Å². The third-order valence-corrected chi connectivity index (χ3v) is 4.57. The van der Waals surface area contributed by atoms with E-state index in [1.54, 1.807) is 12.1 Å². The van der Waals surface area contributed by atoms with Gasteiger partial charge < -0.3 is 0 Å². The van der Waals surface area contributed by atoms with E-state index in [0.717, 1.165) is 31.2 Å². The van der Waals surface area contributed by atoms with Gasteiger partial charge in [-0.15, -0.1) is 0 Å². The molecule has 122 valence electrons. The van der Waals surface area contributed by atoms with Gasteiger partial charge in [0.1, 0.15) is 5.02 Å². The predicted molar refractivity (Wildman–Crippen MR) is 84.4 cm³/mol. The van der Waals surface area contributed by atoms with Crippen LogP contribution in [0.4, 0.5) is 5.69 Å². The number of hydrogen-bond donors (Lipinski definition) is 1. The van der Waals surface area contributed by atoms with E-state index in [1.807, 2.05) is 0 Å². The molecule has 2 rings (SSSR count). The molecule has 0 saturated carbocycles. The maximum absolute atomic E-state index is 11.3. The summed E-state index contributed by atoms with van der Waals surface area (Å²) in [6.45, 7) is 2.05. The highest BCUT2D eigenvalue weighted by Gasteiger charge is 2.22. The van der Waals surface area contributed by atoms with E-state index >= 15 is 0 Å². The van der Waals surface area contributed by atoms with Crippen molar-refractivity contribution in [1.82, 2.24) is 9.62 Å². The predicted octanol–water partition coefficient (Wildman–Crippen LogP) is 1.76. The van der Waals surface area contributed by atoms with E-state index in [-0.39, 0.29) is 16.8 Å². The lowest BCUT2D eigenvalue weighted by molar-refractivity contribution is -0.384. The zero-order valence-electron chi connectivity index (χ0n) is 12.2. The third kappa shape index (κ3) is 4.91. The van der Waals surface area contributed by atoms with E-state index in [2.05, 4.69) is 9.62 Å². The standard InChI is InChI=1S/C13H18ClN3O4S/c1-22(20,21)15-11-3-2-6-16(9-11)8-10-4-5-13(17(18)19)12(14)7-10/h4-5,7,11,15H,2-3,6,8-9H2,1H3/t11-/m0/s1. The number of likely N-dealkylation sites (tertiary alicyclic amines) is 1. The van der Waals surface area contributed by atoms with E-state index in [1.165, 1.54) is 6.07 Å². The average molecular weight is 348 g/mol. The number of nitro groups is 1. The van der Waals surface area contributed by atoms with Crippen molar-refractivity contribution in [3.8, 4) is 0 Å². The maximum Gasteiger partial charge on any atom is 0.287 e. The minimum Gasteiger partial charge on any atom is -0.298 e. The van der Waals surface area contributed by atoms with Crippen molar-refractivity contribution in [3.05, 3.63) is 38.9 Å². The molecule has 0 aliphatic carbocycles. The van der Waals surface area contributed by atoms with Crippen molar-refractivity contribution in [1.29, 1.82) is 0 Å². The number of hydrogen-bond acceptors (Lipinski definition) is 5. The Hall–Kier alpha value is -1.22. The number of nitrogens with zero attached hydrogens (tertiary/aromatic N) is 2. The smallest absolute Gasteiger partial charge is 0.287 e. The zero-order valence-corrected chi connectivity index (χ0v) is 13.7. The van der Waals surface area contributed by atoms with Gasteiger partial charge in [0.05, 0.1) is 11.2 Å². The molecule has 1 saturated heterocycles. The Morgan fingerprint density at radius 2 is 2.23 bits per heavy atom. The van der Waals surface area contributed by atoms with Crippen LogP contribution in [0.5, 0.6) is 0 Å². The Bertz CT molecular complexity index is 665.